The van der Waals surface area contributed by atoms with Crippen LogP contribution in [0.2, 0.25) is 0 Å². The van der Waals surface area contributed by atoms with Crippen molar-refractivity contribution in [1.29, 1.82) is 0 Å². The van der Waals surface area contributed by atoms with Crippen molar-refractivity contribution in [2.45, 2.75) is 82.6 Å². The van der Waals surface area contributed by atoms with E-state index in [1.807, 2.05) is 13.8 Å². The molecule has 0 heterocycles. The van der Waals surface area contributed by atoms with Crippen LogP contribution in [-0.4, -0.2) is 43.1 Å². The second kappa shape index (κ2) is 10.8. The topological polar surface area (TPSA) is 77.9 Å². The van der Waals surface area contributed by atoms with Crippen LogP contribution in [0.3, 0.4) is 0 Å². The summed E-state index contributed by atoms with van der Waals surface area (Å²) in [6, 6.07) is 6.31. The van der Waals surface area contributed by atoms with Crippen LogP contribution in [0.4, 0.5) is 10.5 Å². The lowest BCUT2D eigenvalue weighted by Gasteiger charge is -2.31. The second-order valence-electron chi connectivity index (χ2n) is 7.55. The molecule has 158 valence electrons. The quantitative estimate of drug-likeness (QED) is 0.647. The molecule has 1 aliphatic carbocycles. The van der Waals surface area contributed by atoms with Crippen molar-refractivity contribution in [3.8, 4) is 0 Å². The first-order valence-electron chi connectivity index (χ1n) is 10.5. The van der Waals surface area contributed by atoms with E-state index >= 15 is 0 Å². The fourth-order valence-corrected chi connectivity index (χ4v) is 5.57. The molecule has 0 aromatic heterocycles. The van der Waals surface area contributed by atoms with Crippen molar-refractivity contribution in [3.63, 3.8) is 0 Å². The summed E-state index contributed by atoms with van der Waals surface area (Å²) in [5.41, 5.74) is 0.551. The summed E-state index contributed by atoms with van der Waals surface area (Å²) in [5.74, 6) is 0. The lowest BCUT2D eigenvalue weighted by atomic mass is 9.95. The third-order valence-corrected chi connectivity index (χ3v) is 7.26. The number of hydrogen-bond acceptors (Lipinski definition) is 3. The van der Waals surface area contributed by atoms with Crippen LogP contribution in [0.5, 0.6) is 0 Å². The Bertz CT molecular complexity index is 704. The molecule has 1 aromatic carbocycles. The van der Waals surface area contributed by atoms with Crippen molar-refractivity contribution in [3.05, 3.63) is 24.3 Å². The van der Waals surface area contributed by atoms with Gasteiger partial charge in [-0.1, -0.05) is 46.0 Å². The Hall–Kier alpha value is -1.60. The number of carbonyl (C=O) groups is 1. The van der Waals surface area contributed by atoms with E-state index in [0.717, 1.165) is 51.4 Å². The molecule has 1 N–H and O–H groups in total. The minimum absolute atomic E-state index is 0.0445. The molecule has 0 saturated heterocycles. The highest BCUT2D eigenvalue weighted by Gasteiger charge is 2.27. The monoisotopic (exact) mass is 410 g/mol. The highest BCUT2D eigenvalue weighted by molar-refractivity contribution is 7.89. The molecule has 0 unspecified atom stereocenters. The zero-order valence-corrected chi connectivity index (χ0v) is 18.0. The molecule has 1 fully saturated rings. The molecule has 1 amide bonds. The van der Waals surface area contributed by atoms with Gasteiger partial charge in [-0.15, -0.1) is 0 Å². The summed E-state index contributed by atoms with van der Waals surface area (Å²) in [4.78, 5) is 13.6. The maximum Gasteiger partial charge on any atom is 0.412 e. The molecule has 1 aromatic rings. The summed E-state index contributed by atoms with van der Waals surface area (Å²) in [7, 11) is -3.56. The number of amides is 1. The molecule has 1 saturated carbocycles. The molecular formula is C21H34N2O4S. The van der Waals surface area contributed by atoms with E-state index in [0.29, 0.717) is 18.8 Å². The molecular weight excluding hydrogens is 376 g/mol. The van der Waals surface area contributed by atoms with Crippen LogP contribution in [0, 0.1) is 0 Å². The van der Waals surface area contributed by atoms with E-state index < -0.39 is 16.1 Å². The normalized spacial score (nSPS) is 16.5. The van der Waals surface area contributed by atoms with Crippen molar-refractivity contribution in [2.75, 3.05) is 18.0 Å². The average molecular weight is 411 g/mol. The lowest BCUT2D eigenvalue weighted by molar-refractivity contribution is 0.197. The number of sulfonamides is 1. The Kier molecular flexibility index (Phi) is 8.76. The first kappa shape index (κ1) is 22.7. The third-order valence-electron chi connectivity index (χ3n) is 5.34. The summed E-state index contributed by atoms with van der Waals surface area (Å²) in [6.07, 6.45) is 7.82. The highest BCUT2D eigenvalue weighted by Crippen LogP contribution is 2.28. The molecule has 0 atom stereocenters. The van der Waals surface area contributed by atoms with Crippen LogP contribution in [0.15, 0.2) is 29.2 Å². The van der Waals surface area contributed by atoms with Gasteiger partial charge in [-0.05, 0) is 49.9 Å². The molecule has 1 aliphatic rings. The largest absolute Gasteiger partial charge is 0.465 e. The van der Waals surface area contributed by atoms with Crippen LogP contribution in [0.1, 0.15) is 71.6 Å². The van der Waals surface area contributed by atoms with Gasteiger partial charge in [0, 0.05) is 24.8 Å². The van der Waals surface area contributed by atoms with Crippen molar-refractivity contribution in [1.82, 2.24) is 4.31 Å². The lowest BCUT2D eigenvalue weighted by Crippen LogP contribution is -2.40. The predicted octanol–water partition coefficient (Wildman–Crippen LogP) is 5.09. The number of anilines is 1. The van der Waals surface area contributed by atoms with Gasteiger partial charge >= 0.3 is 6.09 Å². The number of benzene rings is 1. The summed E-state index contributed by atoms with van der Waals surface area (Å²) >= 11 is 0. The zero-order valence-electron chi connectivity index (χ0n) is 17.1. The minimum Gasteiger partial charge on any atom is -0.465 e. The molecule has 6 nitrogen and oxygen atoms in total. The first-order valence-corrected chi connectivity index (χ1v) is 12.0. The molecule has 0 spiro atoms. The third kappa shape index (κ3) is 5.70. The van der Waals surface area contributed by atoms with Crippen molar-refractivity contribution < 1.29 is 18.3 Å². The van der Waals surface area contributed by atoms with Gasteiger partial charge in [0.05, 0.1) is 4.90 Å². The number of nitrogens with zero attached hydrogens (tertiary/aromatic N) is 2. The van der Waals surface area contributed by atoms with E-state index in [9.17, 15) is 18.3 Å². The predicted molar refractivity (Wildman–Crippen MR) is 112 cm³/mol. The van der Waals surface area contributed by atoms with E-state index in [1.54, 1.807) is 24.3 Å². The maximum atomic E-state index is 12.9. The van der Waals surface area contributed by atoms with E-state index in [1.165, 1.54) is 15.6 Å². The van der Waals surface area contributed by atoms with Gasteiger partial charge in [0.2, 0.25) is 10.0 Å². The minimum atomic E-state index is -3.56. The Morgan fingerprint density at radius 2 is 1.46 bits per heavy atom. The molecule has 0 aliphatic heterocycles. The van der Waals surface area contributed by atoms with Gasteiger partial charge in [-0.3, -0.25) is 4.90 Å². The summed E-state index contributed by atoms with van der Waals surface area (Å²) < 4.78 is 27.3. The second-order valence-corrected chi connectivity index (χ2v) is 9.49. The van der Waals surface area contributed by atoms with Crippen LogP contribution in [-0.2, 0) is 10.0 Å². The van der Waals surface area contributed by atoms with Gasteiger partial charge in [-0.25, -0.2) is 13.2 Å². The van der Waals surface area contributed by atoms with Crippen molar-refractivity contribution in [2.24, 2.45) is 0 Å². The number of carboxylic acid groups (broad SMARTS) is 1. The zero-order chi connectivity index (χ0) is 20.6. The van der Waals surface area contributed by atoms with Gasteiger partial charge in [0.15, 0.2) is 0 Å². The van der Waals surface area contributed by atoms with Crippen molar-refractivity contribution >= 4 is 21.8 Å². The highest BCUT2D eigenvalue weighted by atomic mass is 32.2. The molecule has 0 radical (unpaired) electrons. The summed E-state index contributed by atoms with van der Waals surface area (Å²) in [5, 5.41) is 9.80. The van der Waals surface area contributed by atoms with Crippen LogP contribution in [0.25, 0.3) is 0 Å². The molecule has 7 heteroatoms. The Morgan fingerprint density at radius 1 is 0.964 bits per heavy atom. The fourth-order valence-electron chi connectivity index (χ4n) is 3.95. The molecule has 2 rings (SSSR count). The molecule has 0 bridgehead atoms. The van der Waals surface area contributed by atoms with Crippen LogP contribution < -0.4 is 4.90 Å². The number of hydrogen-bond donors (Lipinski definition) is 1. The average Bonchev–Trinajstić information content (AvgIpc) is 2.63. The fraction of sp³-hybridized carbons (Fsp3) is 0.667. The summed E-state index contributed by atoms with van der Waals surface area (Å²) in [6.45, 7) is 4.89. The van der Waals surface area contributed by atoms with Gasteiger partial charge in [-0.2, -0.15) is 4.31 Å². The SMILES string of the molecule is CCCN(CCC)S(=O)(=O)c1ccc(N(C(=O)O)C2CCCCCCC2)cc1. The van der Waals surface area contributed by atoms with E-state index in [4.69, 9.17) is 0 Å². The van der Waals surface area contributed by atoms with Gasteiger partial charge in [0.25, 0.3) is 0 Å². The van der Waals surface area contributed by atoms with Gasteiger partial charge in [0.1, 0.15) is 0 Å². The Labute approximate surface area is 169 Å². The Balaban J connectivity index is 2.25. The molecule has 28 heavy (non-hydrogen) atoms. The number of rotatable bonds is 8. The Morgan fingerprint density at radius 3 is 1.93 bits per heavy atom. The standard InChI is InChI=1S/C21H34N2O4S/c1-3-16-22(17-4-2)28(26,27)20-14-12-19(13-15-20)23(21(24)25)18-10-8-6-5-7-9-11-18/h12-15,18H,3-11,16-17H2,1-2H3,(H,24,25). The van der Waals surface area contributed by atoms with Crippen LogP contribution >= 0.6 is 0 Å². The van der Waals surface area contributed by atoms with E-state index in [-0.39, 0.29) is 10.9 Å². The maximum absolute atomic E-state index is 12.9. The first-order chi connectivity index (χ1) is 13.4. The smallest absolute Gasteiger partial charge is 0.412 e. The van der Waals surface area contributed by atoms with Gasteiger partial charge < -0.3 is 5.11 Å². The van der Waals surface area contributed by atoms with E-state index in [2.05, 4.69) is 0 Å².